The summed E-state index contributed by atoms with van der Waals surface area (Å²) in [6.07, 6.45) is 0.917. The standard InChI is InChI=1S/C32H49N3O6/c1-11-40-26(37)32(12-14-35(15-13-32)28(39)41-30(6,7)8)19-33-27(38)34-24-18-31(9,10)23-17-21(29(3,4)5)16-22(20(2)36)25(23)24/h16-17,24H,11-15,18-19H2,1-10H3,(H2,33,34,38). The molecule has 1 fully saturated rings. The number of urea groups is 1. The smallest absolute Gasteiger partial charge is 0.410 e. The Balaban J connectivity index is 1.77. The first-order valence-electron chi connectivity index (χ1n) is 14.7. The van der Waals surface area contributed by atoms with Crippen molar-refractivity contribution in [3.8, 4) is 0 Å². The molecule has 228 valence electrons. The van der Waals surface area contributed by atoms with Crippen molar-refractivity contribution in [3.05, 3.63) is 34.4 Å². The van der Waals surface area contributed by atoms with Gasteiger partial charge in [0.05, 0.1) is 18.1 Å². The fourth-order valence-corrected chi connectivity index (χ4v) is 5.80. The third-order valence-electron chi connectivity index (χ3n) is 8.19. The summed E-state index contributed by atoms with van der Waals surface area (Å²) < 4.78 is 10.9. The summed E-state index contributed by atoms with van der Waals surface area (Å²) in [6, 6.07) is 3.38. The number of amides is 3. The van der Waals surface area contributed by atoms with Crippen LogP contribution in [-0.2, 0) is 25.1 Å². The van der Waals surface area contributed by atoms with Gasteiger partial charge >= 0.3 is 18.1 Å². The molecule has 1 heterocycles. The molecule has 0 aromatic heterocycles. The largest absolute Gasteiger partial charge is 0.466 e. The molecule has 1 atom stereocenters. The first kappa shape index (κ1) is 32.4. The predicted molar refractivity (Wildman–Crippen MR) is 158 cm³/mol. The van der Waals surface area contributed by atoms with E-state index in [4.69, 9.17) is 9.47 Å². The topological polar surface area (TPSA) is 114 Å². The highest BCUT2D eigenvalue weighted by atomic mass is 16.6. The molecule has 2 aliphatic rings. The van der Waals surface area contributed by atoms with E-state index >= 15 is 0 Å². The van der Waals surface area contributed by atoms with Crippen LogP contribution in [0.15, 0.2) is 12.1 Å². The minimum absolute atomic E-state index is 0.0322. The van der Waals surface area contributed by atoms with Gasteiger partial charge in [0.15, 0.2) is 5.78 Å². The number of Topliss-reactive ketones (excluding diaryl/α,β-unsaturated/α-hetero) is 1. The second-order valence-electron chi connectivity index (χ2n) is 14.2. The van der Waals surface area contributed by atoms with Crippen LogP contribution >= 0.6 is 0 Å². The number of benzene rings is 1. The number of nitrogens with one attached hydrogen (secondary N) is 2. The zero-order valence-corrected chi connectivity index (χ0v) is 26.6. The van der Waals surface area contributed by atoms with Crippen LogP contribution < -0.4 is 10.6 Å². The Morgan fingerprint density at radius 3 is 2.15 bits per heavy atom. The van der Waals surface area contributed by atoms with E-state index in [1.165, 1.54) is 0 Å². The predicted octanol–water partition coefficient (Wildman–Crippen LogP) is 5.79. The van der Waals surface area contributed by atoms with Crippen LogP contribution in [0.25, 0.3) is 0 Å². The number of carbonyl (C=O) groups excluding carboxylic acids is 4. The fraction of sp³-hybridized carbons (Fsp3) is 0.688. The molecule has 0 bridgehead atoms. The van der Waals surface area contributed by atoms with Crippen molar-refractivity contribution in [1.82, 2.24) is 15.5 Å². The molecule has 3 amide bonds. The van der Waals surface area contributed by atoms with Crippen LogP contribution in [0.3, 0.4) is 0 Å². The average Bonchev–Trinajstić information content (AvgIpc) is 3.10. The molecule has 3 rings (SSSR count). The number of hydrogen-bond donors (Lipinski definition) is 2. The zero-order chi connectivity index (χ0) is 31.0. The molecular formula is C32H49N3O6. The van der Waals surface area contributed by atoms with Gasteiger partial charge in [-0.25, -0.2) is 9.59 Å². The molecule has 9 heteroatoms. The van der Waals surface area contributed by atoms with E-state index in [9.17, 15) is 19.2 Å². The van der Waals surface area contributed by atoms with E-state index < -0.39 is 23.1 Å². The van der Waals surface area contributed by atoms with Crippen molar-refractivity contribution in [3.63, 3.8) is 0 Å². The maximum atomic E-state index is 13.3. The van der Waals surface area contributed by atoms with Gasteiger partial charge in [0.25, 0.3) is 0 Å². The molecule has 2 N–H and O–H groups in total. The first-order valence-corrected chi connectivity index (χ1v) is 14.7. The Morgan fingerprint density at radius 1 is 1.02 bits per heavy atom. The molecule has 1 aromatic rings. The lowest BCUT2D eigenvalue weighted by molar-refractivity contribution is -0.158. The normalized spacial score (nSPS) is 19.7. The summed E-state index contributed by atoms with van der Waals surface area (Å²) in [6.45, 7) is 20.3. The number of fused-ring (bicyclic) bond motifs is 1. The number of rotatable bonds is 6. The van der Waals surface area contributed by atoms with E-state index in [2.05, 4.69) is 51.3 Å². The van der Waals surface area contributed by atoms with Gasteiger partial charge in [-0.1, -0.05) is 40.7 Å². The molecule has 0 radical (unpaired) electrons. The van der Waals surface area contributed by atoms with Crippen LogP contribution in [0.4, 0.5) is 9.59 Å². The van der Waals surface area contributed by atoms with Gasteiger partial charge in [-0.05, 0) is 87.5 Å². The van der Waals surface area contributed by atoms with Crippen molar-refractivity contribution in [2.75, 3.05) is 26.2 Å². The molecule has 1 aromatic carbocycles. The van der Waals surface area contributed by atoms with Gasteiger partial charge in [-0.2, -0.15) is 0 Å². The highest BCUT2D eigenvalue weighted by Gasteiger charge is 2.45. The third kappa shape index (κ3) is 7.41. The number of ketones is 1. The monoisotopic (exact) mass is 571 g/mol. The summed E-state index contributed by atoms with van der Waals surface area (Å²) in [7, 11) is 0. The number of piperidine rings is 1. The summed E-state index contributed by atoms with van der Waals surface area (Å²) in [5, 5.41) is 6.00. The highest BCUT2D eigenvalue weighted by molar-refractivity contribution is 5.97. The van der Waals surface area contributed by atoms with E-state index in [1.54, 1.807) is 18.7 Å². The minimum atomic E-state index is -0.954. The SMILES string of the molecule is CCOC(=O)C1(CNC(=O)NC2CC(C)(C)c3cc(C(C)(C)C)cc(C(C)=O)c32)CCN(C(=O)OC(C)(C)C)CC1. The molecule has 9 nitrogen and oxygen atoms in total. The van der Waals surface area contributed by atoms with Gasteiger partial charge in [0, 0.05) is 25.2 Å². The number of ether oxygens (including phenoxy) is 2. The molecular weight excluding hydrogens is 522 g/mol. The van der Waals surface area contributed by atoms with E-state index in [0.717, 1.165) is 16.7 Å². The first-order chi connectivity index (χ1) is 18.8. The minimum Gasteiger partial charge on any atom is -0.466 e. The Bertz CT molecular complexity index is 1180. The second kappa shape index (κ2) is 11.6. The van der Waals surface area contributed by atoms with Gasteiger partial charge in [0.1, 0.15) is 5.60 Å². The molecule has 1 unspecified atom stereocenters. The Labute approximate surface area is 245 Å². The lowest BCUT2D eigenvalue weighted by Gasteiger charge is -2.40. The van der Waals surface area contributed by atoms with Gasteiger partial charge in [-0.15, -0.1) is 0 Å². The molecule has 1 aliphatic heterocycles. The number of nitrogens with zero attached hydrogens (tertiary/aromatic N) is 1. The van der Waals surface area contributed by atoms with Crippen molar-refractivity contribution in [2.24, 2.45) is 5.41 Å². The summed E-state index contributed by atoms with van der Waals surface area (Å²) in [4.78, 5) is 53.3. The maximum Gasteiger partial charge on any atom is 0.410 e. The number of esters is 1. The summed E-state index contributed by atoms with van der Waals surface area (Å²) in [5.41, 5.74) is 1.75. The van der Waals surface area contributed by atoms with Crippen LogP contribution in [0.1, 0.15) is 122 Å². The van der Waals surface area contributed by atoms with Crippen LogP contribution in [0.5, 0.6) is 0 Å². The van der Waals surface area contributed by atoms with Gasteiger partial charge in [0.2, 0.25) is 0 Å². The summed E-state index contributed by atoms with van der Waals surface area (Å²) >= 11 is 0. The fourth-order valence-electron chi connectivity index (χ4n) is 5.80. The lowest BCUT2D eigenvalue weighted by atomic mass is 9.78. The summed E-state index contributed by atoms with van der Waals surface area (Å²) in [5.74, 6) is -0.416. The van der Waals surface area contributed by atoms with E-state index in [1.807, 2.05) is 26.8 Å². The Hall–Kier alpha value is -3.10. The molecule has 1 aliphatic carbocycles. The van der Waals surface area contributed by atoms with E-state index in [0.29, 0.717) is 37.9 Å². The van der Waals surface area contributed by atoms with Gasteiger partial charge < -0.3 is 25.0 Å². The molecule has 0 saturated carbocycles. The van der Waals surface area contributed by atoms with Crippen LogP contribution in [-0.4, -0.2) is 60.6 Å². The zero-order valence-electron chi connectivity index (χ0n) is 26.6. The number of carbonyl (C=O) groups is 4. The van der Waals surface area contributed by atoms with Crippen molar-refractivity contribution in [2.45, 2.75) is 111 Å². The molecule has 0 spiro atoms. The highest BCUT2D eigenvalue weighted by Crippen LogP contribution is 2.47. The maximum absolute atomic E-state index is 13.3. The molecule has 41 heavy (non-hydrogen) atoms. The number of hydrogen-bond acceptors (Lipinski definition) is 6. The van der Waals surface area contributed by atoms with Crippen LogP contribution in [0.2, 0.25) is 0 Å². The average molecular weight is 572 g/mol. The quantitative estimate of drug-likeness (QED) is 0.330. The number of likely N-dealkylation sites (tertiary alicyclic amines) is 1. The van der Waals surface area contributed by atoms with Crippen molar-refractivity contribution in [1.29, 1.82) is 0 Å². The van der Waals surface area contributed by atoms with E-state index in [-0.39, 0.29) is 41.8 Å². The molecule has 1 saturated heterocycles. The lowest BCUT2D eigenvalue weighted by Crippen LogP contribution is -2.54. The van der Waals surface area contributed by atoms with Gasteiger partial charge in [-0.3, -0.25) is 9.59 Å². The third-order valence-corrected chi connectivity index (χ3v) is 8.19. The van der Waals surface area contributed by atoms with Crippen molar-refractivity contribution < 1.29 is 28.7 Å². The Morgan fingerprint density at radius 2 is 1.63 bits per heavy atom. The second-order valence-corrected chi connectivity index (χ2v) is 14.2. The Kier molecular flexibility index (Phi) is 9.21. The van der Waals surface area contributed by atoms with Crippen LogP contribution in [0, 0.1) is 5.41 Å². The van der Waals surface area contributed by atoms with Crippen molar-refractivity contribution >= 4 is 23.9 Å².